The molecule has 0 saturated carbocycles. The summed E-state index contributed by atoms with van der Waals surface area (Å²) >= 11 is 1.35. The smallest absolute Gasteiger partial charge is 0.265 e. The molecule has 0 bridgehead atoms. The molecule has 1 N–H and O–H groups in total. The van der Waals surface area contributed by atoms with Gasteiger partial charge in [-0.3, -0.25) is 9.59 Å². The summed E-state index contributed by atoms with van der Waals surface area (Å²) in [6.07, 6.45) is 2.18. The number of aryl methyl sites for hydroxylation is 1. The van der Waals surface area contributed by atoms with Crippen molar-refractivity contribution < 1.29 is 14.0 Å². The summed E-state index contributed by atoms with van der Waals surface area (Å²) in [6, 6.07) is 6.16. The van der Waals surface area contributed by atoms with Crippen LogP contribution in [-0.2, 0) is 4.79 Å². The molecular formula is C24H33FN4O2S. The zero-order valence-electron chi connectivity index (χ0n) is 19.2. The molecule has 32 heavy (non-hydrogen) atoms. The Morgan fingerprint density at radius 3 is 2.47 bits per heavy atom. The Bertz CT molecular complexity index is 903. The molecule has 0 spiro atoms. The first-order chi connectivity index (χ1) is 15.4. The third-order valence-corrected chi connectivity index (χ3v) is 7.30. The molecule has 1 fully saturated rings. The van der Waals surface area contributed by atoms with Gasteiger partial charge in [-0.2, -0.15) is 0 Å². The van der Waals surface area contributed by atoms with Crippen LogP contribution in [-0.4, -0.2) is 65.9 Å². The van der Waals surface area contributed by atoms with Gasteiger partial charge in [-0.15, -0.1) is 11.3 Å². The van der Waals surface area contributed by atoms with Crippen molar-refractivity contribution in [3.05, 3.63) is 40.7 Å². The number of aromatic nitrogens is 1. The van der Waals surface area contributed by atoms with E-state index in [1.54, 1.807) is 12.1 Å². The van der Waals surface area contributed by atoms with E-state index in [2.05, 4.69) is 29.0 Å². The number of nitrogens with one attached hydrogen (secondary N) is 1. The number of hydrogen-bond donors (Lipinski definition) is 1. The normalized spacial score (nSPS) is 14.7. The Morgan fingerprint density at radius 1 is 1.19 bits per heavy atom. The Kier molecular flexibility index (Phi) is 8.75. The molecule has 2 aromatic rings. The van der Waals surface area contributed by atoms with Gasteiger partial charge in [0.05, 0.1) is 5.69 Å². The van der Waals surface area contributed by atoms with Gasteiger partial charge >= 0.3 is 0 Å². The third kappa shape index (κ3) is 6.36. The predicted molar refractivity (Wildman–Crippen MR) is 126 cm³/mol. The Labute approximate surface area is 193 Å². The van der Waals surface area contributed by atoms with Crippen molar-refractivity contribution in [2.75, 3.05) is 39.3 Å². The van der Waals surface area contributed by atoms with Gasteiger partial charge in [-0.05, 0) is 63.0 Å². The monoisotopic (exact) mass is 460 g/mol. The first-order valence-electron chi connectivity index (χ1n) is 11.4. The fourth-order valence-corrected chi connectivity index (χ4v) is 5.06. The number of benzene rings is 1. The highest BCUT2D eigenvalue weighted by Crippen LogP contribution is 2.30. The van der Waals surface area contributed by atoms with E-state index in [0.29, 0.717) is 42.5 Å². The molecule has 1 aromatic heterocycles. The zero-order valence-corrected chi connectivity index (χ0v) is 20.0. The highest BCUT2D eigenvalue weighted by atomic mass is 32.1. The second-order valence-electron chi connectivity index (χ2n) is 8.26. The number of amides is 2. The number of nitrogens with zero attached hydrogens (tertiary/aromatic N) is 3. The van der Waals surface area contributed by atoms with Gasteiger partial charge in [-0.1, -0.05) is 13.8 Å². The second-order valence-corrected chi connectivity index (χ2v) is 9.26. The summed E-state index contributed by atoms with van der Waals surface area (Å²) in [4.78, 5) is 34.6. The van der Waals surface area contributed by atoms with Crippen LogP contribution in [0.3, 0.4) is 0 Å². The van der Waals surface area contributed by atoms with E-state index < -0.39 is 0 Å². The molecular weight excluding hydrogens is 427 g/mol. The minimum atomic E-state index is -0.293. The average Bonchev–Trinajstić information content (AvgIpc) is 3.18. The van der Waals surface area contributed by atoms with Crippen molar-refractivity contribution in [1.29, 1.82) is 0 Å². The summed E-state index contributed by atoms with van der Waals surface area (Å²) in [7, 11) is 0. The van der Waals surface area contributed by atoms with Crippen LogP contribution in [0.15, 0.2) is 24.3 Å². The van der Waals surface area contributed by atoms with Crippen LogP contribution < -0.4 is 5.32 Å². The predicted octanol–water partition coefficient (Wildman–Crippen LogP) is 3.96. The molecule has 8 heteroatoms. The molecule has 0 radical (unpaired) electrons. The summed E-state index contributed by atoms with van der Waals surface area (Å²) in [5.41, 5.74) is 1.51. The van der Waals surface area contributed by atoms with Crippen LogP contribution in [0.2, 0.25) is 0 Å². The van der Waals surface area contributed by atoms with Gasteiger partial charge in [0.2, 0.25) is 5.91 Å². The highest BCUT2D eigenvalue weighted by molar-refractivity contribution is 7.17. The maximum atomic E-state index is 13.2. The van der Waals surface area contributed by atoms with E-state index in [1.807, 2.05) is 11.8 Å². The lowest BCUT2D eigenvalue weighted by Crippen LogP contribution is -2.40. The lowest BCUT2D eigenvalue weighted by atomic mass is 9.93. The van der Waals surface area contributed by atoms with Crippen molar-refractivity contribution in [2.24, 2.45) is 5.92 Å². The number of likely N-dealkylation sites (tertiary alicyclic amines) is 1. The zero-order chi connectivity index (χ0) is 23.1. The molecule has 2 amide bonds. The Hall–Kier alpha value is -2.32. The number of thiazole rings is 1. The Balaban J connectivity index is 1.48. The summed E-state index contributed by atoms with van der Waals surface area (Å²) in [6.45, 7) is 10.9. The fraction of sp³-hybridized carbons (Fsp3) is 0.542. The molecule has 6 nitrogen and oxygen atoms in total. The van der Waals surface area contributed by atoms with Crippen molar-refractivity contribution in [2.45, 2.75) is 40.0 Å². The third-order valence-electron chi connectivity index (χ3n) is 6.10. The van der Waals surface area contributed by atoms with Crippen molar-refractivity contribution in [3.63, 3.8) is 0 Å². The number of halogens is 1. The van der Waals surface area contributed by atoms with Crippen molar-refractivity contribution >= 4 is 23.2 Å². The molecule has 0 unspecified atom stereocenters. The van der Waals surface area contributed by atoms with E-state index in [1.165, 1.54) is 23.5 Å². The molecule has 3 rings (SSSR count). The minimum absolute atomic E-state index is 0.00418. The van der Waals surface area contributed by atoms with E-state index in [4.69, 9.17) is 0 Å². The second kappa shape index (κ2) is 11.5. The molecule has 2 heterocycles. The number of piperidine rings is 1. The van der Waals surface area contributed by atoms with Gasteiger partial charge in [0.25, 0.3) is 5.91 Å². The lowest BCUT2D eigenvalue weighted by Gasteiger charge is -2.31. The molecule has 0 aliphatic carbocycles. The van der Waals surface area contributed by atoms with Gasteiger partial charge in [0.1, 0.15) is 15.7 Å². The maximum Gasteiger partial charge on any atom is 0.265 e. The van der Waals surface area contributed by atoms with Crippen LogP contribution in [0.4, 0.5) is 4.39 Å². The quantitative estimate of drug-likeness (QED) is 0.615. The standard InChI is InChI=1S/C24H33FN4O2S/c1-4-28(5-2)15-12-26-21(30)16-18-10-13-29(14-11-18)24(31)22-17(3)27-23(32-22)19-6-8-20(25)9-7-19/h6-9,18H,4-5,10-16H2,1-3H3,(H,26,30). The van der Waals surface area contributed by atoms with E-state index in [0.717, 1.165) is 43.0 Å². The van der Waals surface area contributed by atoms with E-state index in [-0.39, 0.29) is 17.6 Å². The SMILES string of the molecule is CCN(CC)CCNC(=O)CC1CCN(C(=O)c2sc(-c3ccc(F)cc3)nc2C)CC1. The lowest BCUT2D eigenvalue weighted by molar-refractivity contribution is -0.122. The van der Waals surface area contributed by atoms with Gasteiger partial charge in [0, 0.05) is 38.2 Å². The average molecular weight is 461 g/mol. The first-order valence-corrected chi connectivity index (χ1v) is 12.2. The number of rotatable bonds is 9. The van der Waals surface area contributed by atoms with E-state index >= 15 is 0 Å². The highest BCUT2D eigenvalue weighted by Gasteiger charge is 2.27. The number of hydrogen-bond acceptors (Lipinski definition) is 5. The largest absolute Gasteiger partial charge is 0.355 e. The maximum absolute atomic E-state index is 13.2. The summed E-state index contributed by atoms with van der Waals surface area (Å²) in [5, 5.41) is 3.75. The molecule has 174 valence electrons. The number of carbonyl (C=O) groups excluding carboxylic acids is 2. The Morgan fingerprint density at radius 2 is 1.84 bits per heavy atom. The van der Waals surface area contributed by atoms with Gasteiger partial charge in [0.15, 0.2) is 0 Å². The molecule has 1 aliphatic heterocycles. The van der Waals surface area contributed by atoms with Crippen LogP contribution in [0.1, 0.15) is 48.5 Å². The van der Waals surface area contributed by atoms with Crippen molar-refractivity contribution in [1.82, 2.24) is 20.1 Å². The van der Waals surface area contributed by atoms with Crippen LogP contribution in [0.25, 0.3) is 10.6 Å². The van der Waals surface area contributed by atoms with Crippen LogP contribution in [0.5, 0.6) is 0 Å². The topological polar surface area (TPSA) is 65.5 Å². The minimum Gasteiger partial charge on any atom is -0.355 e. The van der Waals surface area contributed by atoms with Gasteiger partial charge < -0.3 is 15.1 Å². The molecule has 1 aliphatic rings. The van der Waals surface area contributed by atoms with Crippen LogP contribution >= 0.6 is 11.3 Å². The molecule has 1 aromatic carbocycles. The summed E-state index contributed by atoms with van der Waals surface area (Å²) < 4.78 is 13.2. The fourth-order valence-electron chi connectivity index (χ4n) is 4.02. The number of likely N-dealkylation sites (N-methyl/N-ethyl adjacent to an activating group) is 1. The van der Waals surface area contributed by atoms with E-state index in [9.17, 15) is 14.0 Å². The first kappa shape index (κ1) is 24.3. The van der Waals surface area contributed by atoms with Crippen LogP contribution in [0, 0.1) is 18.7 Å². The molecule has 0 atom stereocenters. The summed E-state index contributed by atoms with van der Waals surface area (Å²) in [5.74, 6) is 0.114. The van der Waals surface area contributed by atoms with Crippen molar-refractivity contribution in [3.8, 4) is 10.6 Å². The van der Waals surface area contributed by atoms with Gasteiger partial charge in [-0.25, -0.2) is 9.37 Å². The number of carbonyl (C=O) groups is 2. The molecule has 1 saturated heterocycles.